The standard InChI is InChI=1S/C7H9ClO7P2/c8-7(6-4-2-1-3-5-6)14-17(12,13)15-16(9,10)11/h1-5,7H,(H,12,13)(H2,9,10,11). The van der Waals surface area contributed by atoms with Crippen LogP contribution in [0.5, 0.6) is 0 Å². The molecule has 96 valence electrons. The summed E-state index contributed by atoms with van der Waals surface area (Å²) in [7, 11) is -10.1. The first-order valence-corrected chi connectivity index (χ1v) is 7.63. The topological polar surface area (TPSA) is 113 Å². The molecule has 0 aliphatic rings. The maximum atomic E-state index is 11.1. The molecule has 1 rings (SSSR count). The highest BCUT2D eigenvalue weighted by molar-refractivity contribution is 7.60. The first-order chi connectivity index (χ1) is 7.70. The van der Waals surface area contributed by atoms with Crippen molar-refractivity contribution >= 4 is 27.2 Å². The highest BCUT2D eigenvalue weighted by atomic mass is 35.5. The third-order valence-electron chi connectivity index (χ3n) is 1.50. The molecule has 1 aromatic rings. The average Bonchev–Trinajstić information content (AvgIpc) is 2.14. The van der Waals surface area contributed by atoms with Gasteiger partial charge < -0.3 is 14.7 Å². The predicted octanol–water partition coefficient (Wildman–Crippen LogP) is 2.15. The van der Waals surface area contributed by atoms with Gasteiger partial charge in [-0.1, -0.05) is 41.9 Å². The minimum Gasteiger partial charge on any atom is -0.302 e. The van der Waals surface area contributed by atoms with Crippen LogP contribution in [0.15, 0.2) is 30.3 Å². The fourth-order valence-corrected chi connectivity index (χ4v) is 2.97. The van der Waals surface area contributed by atoms with E-state index >= 15 is 0 Å². The maximum Gasteiger partial charge on any atom is 0.482 e. The molecule has 7 nitrogen and oxygen atoms in total. The summed E-state index contributed by atoms with van der Waals surface area (Å²) in [4.78, 5) is 25.8. The summed E-state index contributed by atoms with van der Waals surface area (Å²) >= 11 is 5.63. The Morgan fingerprint density at radius 2 is 1.65 bits per heavy atom. The van der Waals surface area contributed by atoms with Gasteiger partial charge in [-0.25, -0.2) is 9.13 Å². The minimum absolute atomic E-state index is 0.345. The molecule has 17 heavy (non-hydrogen) atoms. The molecular formula is C7H9ClO7P2. The van der Waals surface area contributed by atoms with E-state index in [1.807, 2.05) is 0 Å². The normalized spacial score (nSPS) is 17.4. The molecule has 0 aromatic heterocycles. The molecule has 0 aliphatic carbocycles. The van der Waals surface area contributed by atoms with Crippen LogP contribution >= 0.6 is 27.2 Å². The zero-order chi connectivity index (χ0) is 13.1. The number of benzene rings is 1. The monoisotopic (exact) mass is 302 g/mol. The number of phosphoric acid groups is 2. The van der Waals surface area contributed by atoms with Gasteiger partial charge in [-0.3, -0.25) is 4.52 Å². The first-order valence-electron chi connectivity index (χ1n) is 4.17. The molecule has 1 aromatic carbocycles. The van der Waals surface area contributed by atoms with Gasteiger partial charge in [0.25, 0.3) is 0 Å². The number of halogens is 1. The Hall–Kier alpha value is -0.230. The van der Waals surface area contributed by atoms with Crippen molar-refractivity contribution in [1.82, 2.24) is 0 Å². The quantitative estimate of drug-likeness (QED) is 0.564. The average molecular weight is 303 g/mol. The summed E-state index contributed by atoms with van der Waals surface area (Å²) in [5.41, 5.74) is -1.02. The molecule has 2 atom stereocenters. The van der Waals surface area contributed by atoms with Crippen molar-refractivity contribution in [3.63, 3.8) is 0 Å². The first kappa shape index (κ1) is 14.8. The van der Waals surface area contributed by atoms with Gasteiger partial charge in [-0.2, -0.15) is 4.31 Å². The van der Waals surface area contributed by atoms with Crippen molar-refractivity contribution in [1.29, 1.82) is 0 Å². The molecule has 0 heterocycles. The number of hydrogen-bond acceptors (Lipinski definition) is 4. The molecule has 10 heteroatoms. The molecule has 3 N–H and O–H groups in total. The largest absolute Gasteiger partial charge is 0.482 e. The lowest BCUT2D eigenvalue weighted by molar-refractivity contribution is 0.165. The van der Waals surface area contributed by atoms with Crippen LogP contribution in [-0.2, 0) is 18.0 Å². The molecule has 0 aliphatic heterocycles. The Morgan fingerprint density at radius 1 is 1.12 bits per heavy atom. The lowest BCUT2D eigenvalue weighted by atomic mass is 10.2. The van der Waals surface area contributed by atoms with Crippen molar-refractivity contribution in [3.8, 4) is 0 Å². The third kappa shape index (κ3) is 5.77. The summed E-state index contributed by atoms with van der Waals surface area (Å²) < 4.78 is 29.5. The fraction of sp³-hybridized carbons (Fsp3) is 0.143. The van der Waals surface area contributed by atoms with Crippen LogP contribution in [-0.4, -0.2) is 14.7 Å². The zero-order valence-electron chi connectivity index (χ0n) is 8.21. The maximum absolute atomic E-state index is 11.1. The van der Waals surface area contributed by atoms with Crippen molar-refractivity contribution in [2.24, 2.45) is 0 Å². The Morgan fingerprint density at radius 3 is 2.12 bits per heavy atom. The Balaban J connectivity index is 2.72. The molecule has 0 spiro atoms. The van der Waals surface area contributed by atoms with E-state index < -0.39 is 21.2 Å². The summed E-state index contributed by atoms with van der Waals surface area (Å²) in [5.74, 6) is 0. The van der Waals surface area contributed by atoms with Gasteiger partial charge in [-0.15, -0.1) is 0 Å². The van der Waals surface area contributed by atoms with Crippen LogP contribution in [0.3, 0.4) is 0 Å². The van der Waals surface area contributed by atoms with Gasteiger partial charge in [0.2, 0.25) is 0 Å². The van der Waals surface area contributed by atoms with E-state index in [-0.39, 0.29) is 0 Å². The van der Waals surface area contributed by atoms with E-state index in [2.05, 4.69) is 8.83 Å². The van der Waals surface area contributed by atoms with Crippen molar-refractivity contribution in [2.75, 3.05) is 0 Å². The lowest BCUT2D eigenvalue weighted by Crippen LogP contribution is -1.98. The second-order valence-corrected chi connectivity index (χ2v) is 6.05. The van der Waals surface area contributed by atoms with Gasteiger partial charge in [0, 0.05) is 0 Å². The summed E-state index contributed by atoms with van der Waals surface area (Å²) in [6.45, 7) is 0. The van der Waals surface area contributed by atoms with Crippen LogP contribution in [0, 0.1) is 0 Å². The SMILES string of the molecule is O=P(O)(O)OP(=O)(O)OC(Cl)c1ccccc1. The highest BCUT2D eigenvalue weighted by Gasteiger charge is 2.34. The van der Waals surface area contributed by atoms with Crippen LogP contribution in [0.1, 0.15) is 11.1 Å². The molecule has 0 bridgehead atoms. The predicted molar refractivity (Wildman–Crippen MR) is 59.1 cm³/mol. The number of phosphoric ester groups is 1. The molecule has 0 saturated carbocycles. The molecule has 0 radical (unpaired) electrons. The number of hydrogen-bond donors (Lipinski definition) is 3. The molecular weight excluding hydrogens is 293 g/mol. The highest BCUT2D eigenvalue weighted by Crippen LogP contribution is 2.59. The Bertz CT molecular complexity index is 459. The van der Waals surface area contributed by atoms with Crippen molar-refractivity contribution in [2.45, 2.75) is 5.56 Å². The number of rotatable bonds is 5. The smallest absolute Gasteiger partial charge is 0.302 e. The summed E-state index contributed by atoms with van der Waals surface area (Å²) in [6.07, 6.45) is 0. The van der Waals surface area contributed by atoms with Gasteiger partial charge in [0.15, 0.2) is 5.56 Å². The lowest BCUT2D eigenvalue weighted by Gasteiger charge is -2.16. The Labute approximate surface area is 102 Å². The van der Waals surface area contributed by atoms with Crippen LogP contribution in [0.4, 0.5) is 0 Å². The van der Waals surface area contributed by atoms with E-state index in [0.717, 1.165) is 0 Å². The third-order valence-corrected chi connectivity index (χ3v) is 4.12. The second-order valence-electron chi connectivity index (χ2n) is 2.87. The van der Waals surface area contributed by atoms with Crippen LogP contribution in [0.25, 0.3) is 0 Å². The second kappa shape index (κ2) is 5.61. The van der Waals surface area contributed by atoms with E-state index in [0.29, 0.717) is 5.56 Å². The van der Waals surface area contributed by atoms with Gasteiger partial charge >= 0.3 is 15.6 Å². The molecule has 2 unspecified atom stereocenters. The van der Waals surface area contributed by atoms with Gasteiger partial charge in [-0.05, 0) is 5.56 Å². The minimum atomic E-state index is -5.13. The van der Waals surface area contributed by atoms with Gasteiger partial charge in [0.1, 0.15) is 0 Å². The summed E-state index contributed by atoms with van der Waals surface area (Å²) in [6, 6.07) is 7.93. The zero-order valence-corrected chi connectivity index (χ0v) is 10.8. The van der Waals surface area contributed by atoms with E-state index in [9.17, 15) is 9.13 Å². The fourth-order valence-electron chi connectivity index (χ4n) is 0.936. The summed E-state index contributed by atoms with van der Waals surface area (Å²) in [5, 5.41) is 0. The molecule has 0 saturated heterocycles. The van der Waals surface area contributed by atoms with E-state index in [1.54, 1.807) is 18.2 Å². The van der Waals surface area contributed by atoms with Crippen LogP contribution < -0.4 is 0 Å². The van der Waals surface area contributed by atoms with E-state index in [4.69, 9.17) is 26.3 Å². The van der Waals surface area contributed by atoms with Crippen molar-refractivity contribution < 1.29 is 32.6 Å². The van der Waals surface area contributed by atoms with E-state index in [1.165, 1.54) is 12.1 Å². The molecule has 0 amide bonds. The van der Waals surface area contributed by atoms with Crippen molar-refractivity contribution in [3.05, 3.63) is 35.9 Å². The Kier molecular flexibility index (Phi) is 4.89. The molecule has 0 fully saturated rings. The van der Waals surface area contributed by atoms with Gasteiger partial charge in [0.05, 0.1) is 0 Å². The van der Waals surface area contributed by atoms with Crippen LogP contribution in [0.2, 0.25) is 0 Å². The number of alkyl halides is 1.